The molecule has 6 nitrogen and oxygen atoms in total. The minimum absolute atomic E-state index is 0.0457. The maximum atomic E-state index is 12.2. The Bertz CT molecular complexity index is 643. The summed E-state index contributed by atoms with van der Waals surface area (Å²) in [6.07, 6.45) is 2.56. The molecule has 18 heavy (non-hydrogen) atoms. The van der Waals surface area contributed by atoms with E-state index in [4.69, 9.17) is 11.6 Å². The van der Waals surface area contributed by atoms with Crippen molar-refractivity contribution in [3.63, 3.8) is 0 Å². The molecule has 0 N–H and O–H groups in total. The van der Waals surface area contributed by atoms with Crippen LogP contribution in [0.25, 0.3) is 0 Å². The molecule has 0 radical (unpaired) electrons. The average Bonchev–Trinajstić information content (AvgIpc) is 2.28. The molecule has 1 fully saturated rings. The van der Waals surface area contributed by atoms with Gasteiger partial charge in [0.2, 0.25) is 10.0 Å². The van der Waals surface area contributed by atoms with Crippen molar-refractivity contribution in [1.82, 2.24) is 9.29 Å². The van der Waals surface area contributed by atoms with Crippen molar-refractivity contribution in [3.05, 3.63) is 23.5 Å². The first-order valence-electron chi connectivity index (χ1n) is 5.13. The van der Waals surface area contributed by atoms with E-state index in [2.05, 4.69) is 4.98 Å². The van der Waals surface area contributed by atoms with E-state index in [1.165, 1.54) is 18.5 Å². The fourth-order valence-corrected chi connectivity index (χ4v) is 4.91. The van der Waals surface area contributed by atoms with Gasteiger partial charge in [-0.05, 0) is 6.07 Å². The summed E-state index contributed by atoms with van der Waals surface area (Å²) in [6.45, 7) is -0.0915. The lowest BCUT2D eigenvalue weighted by Crippen LogP contribution is -2.43. The molecule has 100 valence electrons. The van der Waals surface area contributed by atoms with E-state index < -0.39 is 19.9 Å². The lowest BCUT2D eigenvalue weighted by atomic mass is 10.5. The van der Waals surface area contributed by atoms with Crippen LogP contribution in [0.2, 0.25) is 5.02 Å². The first kappa shape index (κ1) is 13.7. The zero-order chi connectivity index (χ0) is 13.4. The van der Waals surface area contributed by atoms with Crippen LogP contribution in [0, 0.1) is 0 Å². The van der Waals surface area contributed by atoms with E-state index in [0.717, 1.165) is 4.31 Å². The van der Waals surface area contributed by atoms with Crippen LogP contribution < -0.4 is 0 Å². The second-order valence-electron chi connectivity index (χ2n) is 3.86. The Kier molecular flexibility index (Phi) is 3.63. The molecule has 1 aromatic heterocycles. The fraction of sp³-hybridized carbons (Fsp3) is 0.444. The van der Waals surface area contributed by atoms with Gasteiger partial charge in [-0.15, -0.1) is 0 Å². The molecular formula is C9H11ClN2O4S2. The van der Waals surface area contributed by atoms with Gasteiger partial charge in [-0.2, -0.15) is 4.31 Å². The summed E-state index contributed by atoms with van der Waals surface area (Å²) in [5, 5.41) is 0.0819. The van der Waals surface area contributed by atoms with Crippen molar-refractivity contribution in [2.75, 3.05) is 24.6 Å². The van der Waals surface area contributed by atoms with Gasteiger partial charge in [0.25, 0.3) is 0 Å². The highest BCUT2D eigenvalue weighted by atomic mass is 35.5. The largest absolute Gasteiger partial charge is 0.263 e. The molecule has 1 aromatic rings. The van der Waals surface area contributed by atoms with Gasteiger partial charge in [-0.3, -0.25) is 4.98 Å². The molecule has 0 saturated carbocycles. The Morgan fingerprint density at radius 1 is 1.28 bits per heavy atom. The number of nitrogens with zero attached hydrogens (tertiary/aromatic N) is 2. The SMILES string of the molecule is O=S1(=O)CCN(S(=O)(=O)c2cnccc2Cl)CC1. The van der Waals surface area contributed by atoms with Crippen molar-refractivity contribution in [1.29, 1.82) is 0 Å². The summed E-state index contributed by atoms with van der Waals surface area (Å²) >= 11 is 5.82. The van der Waals surface area contributed by atoms with Gasteiger partial charge >= 0.3 is 0 Å². The molecular weight excluding hydrogens is 300 g/mol. The molecule has 0 spiro atoms. The Morgan fingerprint density at radius 3 is 2.44 bits per heavy atom. The van der Waals surface area contributed by atoms with E-state index >= 15 is 0 Å². The van der Waals surface area contributed by atoms with Crippen LogP contribution in [0.1, 0.15) is 0 Å². The van der Waals surface area contributed by atoms with Gasteiger partial charge in [-0.25, -0.2) is 16.8 Å². The molecule has 0 atom stereocenters. The Labute approximate surface area is 111 Å². The van der Waals surface area contributed by atoms with Gasteiger partial charge in [-0.1, -0.05) is 11.6 Å². The number of hydrogen-bond acceptors (Lipinski definition) is 5. The highest BCUT2D eigenvalue weighted by Gasteiger charge is 2.32. The maximum absolute atomic E-state index is 12.2. The molecule has 0 unspecified atom stereocenters. The topological polar surface area (TPSA) is 84.4 Å². The van der Waals surface area contributed by atoms with Gasteiger partial charge < -0.3 is 0 Å². The van der Waals surface area contributed by atoms with E-state index in [1.54, 1.807) is 0 Å². The first-order valence-corrected chi connectivity index (χ1v) is 8.77. The number of aromatic nitrogens is 1. The van der Waals surface area contributed by atoms with Crippen LogP contribution in [-0.4, -0.2) is 50.7 Å². The fourth-order valence-electron chi connectivity index (χ4n) is 1.63. The molecule has 0 aliphatic carbocycles. The van der Waals surface area contributed by atoms with Gasteiger partial charge in [0.1, 0.15) is 4.90 Å². The average molecular weight is 311 g/mol. The second-order valence-corrected chi connectivity index (χ2v) is 8.48. The van der Waals surface area contributed by atoms with Crippen molar-refractivity contribution in [2.24, 2.45) is 0 Å². The van der Waals surface area contributed by atoms with E-state index in [-0.39, 0.29) is 34.5 Å². The Morgan fingerprint density at radius 2 is 1.89 bits per heavy atom. The van der Waals surface area contributed by atoms with Gasteiger partial charge in [0, 0.05) is 25.5 Å². The minimum Gasteiger partial charge on any atom is -0.263 e. The molecule has 1 aliphatic rings. The molecule has 0 aromatic carbocycles. The summed E-state index contributed by atoms with van der Waals surface area (Å²) < 4.78 is 48.1. The van der Waals surface area contributed by atoms with Gasteiger partial charge in [0.15, 0.2) is 9.84 Å². The van der Waals surface area contributed by atoms with Crippen LogP contribution in [0.5, 0.6) is 0 Å². The van der Waals surface area contributed by atoms with E-state index in [0.29, 0.717) is 0 Å². The summed E-state index contributed by atoms with van der Waals surface area (Å²) in [6, 6.07) is 1.38. The van der Waals surface area contributed by atoms with Crippen LogP contribution >= 0.6 is 11.6 Å². The number of sulfonamides is 1. The summed E-state index contributed by atoms with van der Waals surface area (Å²) in [4.78, 5) is 3.64. The highest BCUT2D eigenvalue weighted by Crippen LogP contribution is 2.24. The second kappa shape index (κ2) is 4.76. The first-order chi connectivity index (χ1) is 8.33. The lowest BCUT2D eigenvalue weighted by Gasteiger charge is -2.26. The molecule has 2 rings (SSSR count). The molecule has 1 aliphatic heterocycles. The molecule has 1 saturated heterocycles. The van der Waals surface area contributed by atoms with E-state index in [9.17, 15) is 16.8 Å². The zero-order valence-corrected chi connectivity index (χ0v) is 11.7. The van der Waals surface area contributed by atoms with Crippen LogP contribution in [0.3, 0.4) is 0 Å². The lowest BCUT2D eigenvalue weighted by molar-refractivity contribution is 0.430. The minimum atomic E-state index is -3.77. The van der Waals surface area contributed by atoms with Crippen molar-refractivity contribution in [3.8, 4) is 0 Å². The molecule has 9 heteroatoms. The molecule has 0 amide bonds. The number of sulfone groups is 1. The third-order valence-corrected chi connectivity index (χ3v) is 6.63. The number of pyridine rings is 1. The standard InChI is InChI=1S/C9H11ClN2O4S2/c10-8-1-2-11-7-9(8)18(15,16)12-3-5-17(13,14)6-4-12/h1-2,7H,3-6H2. The molecule has 2 heterocycles. The zero-order valence-electron chi connectivity index (χ0n) is 9.28. The number of hydrogen-bond donors (Lipinski definition) is 0. The van der Waals surface area contributed by atoms with Gasteiger partial charge in [0.05, 0.1) is 16.5 Å². The number of rotatable bonds is 2. The maximum Gasteiger partial charge on any atom is 0.246 e. The summed E-state index contributed by atoms with van der Waals surface area (Å²) in [7, 11) is -6.89. The van der Waals surface area contributed by atoms with Crippen LogP contribution in [0.15, 0.2) is 23.4 Å². The third-order valence-electron chi connectivity index (χ3n) is 2.66. The monoisotopic (exact) mass is 310 g/mol. The van der Waals surface area contributed by atoms with Crippen molar-refractivity contribution in [2.45, 2.75) is 4.90 Å². The van der Waals surface area contributed by atoms with Crippen LogP contribution in [0.4, 0.5) is 0 Å². The van der Waals surface area contributed by atoms with Crippen LogP contribution in [-0.2, 0) is 19.9 Å². The number of halogens is 1. The normalized spacial score (nSPS) is 20.7. The molecule has 0 bridgehead atoms. The van der Waals surface area contributed by atoms with Crippen molar-refractivity contribution >= 4 is 31.5 Å². The predicted molar refractivity (Wildman–Crippen MR) is 66.7 cm³/mol. The predicted octanol–water partition coefficient (Wildman–Crippen LogP) is 0.154. The Balaban J connectivity index is 2.31. The summed E-state index contributed by atoms with van der Waals surface area (Å²) in [5.41, 5.74) is 0. The Hall–Kier alpha value is -0.700. The summed E-state index contributed by atoms with van der Waals surface area (Å²) in [5.74, 6) is -0.325. The quantitative estimate of drug-likeness (QED) is 0.776. The van der Waals surface area contributed by atoms with Crippen molar-refractivity contribution < 1.29 is 16.8 Å². The highest BCUT2D eigenvalue weighted by molar-refractivity contribution is 7.92. The smallest absolute Gasteiger partial charge is 0.246 e. The third kappa shape index (κ3) is 2.66. The van der Waals surface area contributed by atoms with E-state index in [1.807, 2.05) is 0 Å².